The SMILES string of the molecule is COc1ccc(NC(=O)Cc2cc3c(NC(=O)c4ccccc4C)[nH]nc3s2)cc1. The van der Waals surface area contributed by atoms with E-state index < -0.39 is 0 Å². The van der Waals surface area contributed by atoms with Crippen molar-refractivity contribution >= 4 is 44.9 Å². The highest BCUT2D eigenvalue weighted by Crippen LogP contribution is 2.30. The van der Waals surface area contributed by atoms with E-state index in [0.717, 1.165) is 26.4 Å². The van der Waals surface area contributed by atoms with Crippen molar-refractivity contribution in [2.75, 3.05) is 17.7 Å². The van der Waals surface area contributed by atoms with E-state index in [2.05, 4.69) is 20.8 Å². The molecule has 4 aromatic rings. The van der Waals surface area contributed by atoms with Gasteiger partial charge in [-0.2, -0.15) is 5.10 Å². The Bertz CT molecular complexity index is 1210. The van der Waals surface area contributed by atoms with Crippen LogP contribution < -0.4 is 15.4 Å². The molecule has 0 aliphatic carbocycles. The summed E-state index contributed by atoms with van der Waals surface area (Å²) >= 11 is 1.41. The van der Waals surface area contributed by atoms with Crippen molar-refractivity contribution in [3.05, 3.63) is 70.6 Å². The van der Waals surface area contributed by atoms with Crippen LogP contribution in [0, 0.1) is 6.92 Å². The smallest absolute Gasteiger partial charge is 0.257 e. The number of aromatic nitrogens is 2. The predicted octanol–water partition coefficient (Wildman–Crippen LogP) is 4.37. The number of anilines is 2. The average molecular weight is 420 g/mol. The molecular weight excluding hydrogens is 400 g/mol. The number of aromatic amines is 1. The third kappa shape index (κ3) is 4.18. The molecule has 4 rings (SSSR count). The highest BCUT2D eigenvalue weighted by atomic mass is 32.1. The van der Waals surface area contributed by atoms with E-state index in [1.54, 1.807) is 37.4 Å². The molecule has 0 atom stereocenters. The average Bonchev–Trinajstić information content (AvgIpc) is 3.30. The standard InChI is InChI=1S/C22H20N4O3S/c1-13-5-3-4-6-17(13)21(28)24-20-18-11-16(30-22(18)26-25-20)12-19(27)23-14-7-9-15(29-2)10-8-14/h3-11H,12H2,1-2H3,(H,23,27)(H2,24,25,26,28). The quantitative estimate of drug-likeness (QED) is 0.431. The second kappa shape index (κ2) is 8.38. The Kier molecular flexibility index (Phi) is 5.49. The van der Waals surface area contributed by atoms with Gasteiger partial charge in [-0.05, 0) is 48.9 Å². The summed E-state index contributed by atoms with van der Waals surface area (Å²) in [7, 11) is 1.60. The zero-order chi connectivity index (χ0) is 21.1. The van der Waals surface area contributed by atoms with E-state index in [-0.39, 0.29) is 18.2 Å². The maximum absolute atomic E-state index is 12.6. The van der Waals surface area contributed by atoms with Gasteiger partial charge in [0.1, 0.15) is 16.4 Å². The lowest BCUT2D eigenvalue weighted by Gasteiger charge is -2.06. The van der Waals surface area contributed by atoms with Gasteiger partial charge in [-0.25, -0.2) is 0 Å². The van der Waals surface area contributed by atoms with Crippen LogP contribution >= 0.6 is 11.3 Å². The lowest BCUT2D eigenvalue weighted by molar-refractivity contribution is -0.115. The minimum absolute atomic E-state index is 0.126. The molecule has 30 heavy (non-hydrogen) atoms. The van der Waals surface area contributed by atoms with Crippen molar-refractivity contribution in [2.24, 2.45) is 0 Å². The molecule has 2 aromatic heterocycles. The highest BCUT2D eigenvalue weighted by Gasteiger charge is 2.16. The number of hydrogen-bond acceptors (Lipinski definition) is 5. The number of hydrogen-bond donors (Lipinski definition) is 3. The highest BCUT2D eigenvalue weighted by molar-refractivity contribution is 7.18. The number of amides is 2. The van der Waals surface area contributed by atoms with Gasteiger partial charge in [0.2, 0.25) is 5.91 Å². The third-order valence-corrected chi connectivity index (χ3v) is 5.67. The Labute approximate surface area is 177 Å². The van der Waals surface area contributed by atoms with Gasteiger partial charge in [0.15, 0.2) is 0 Å². The topological polar surface area (TPSA) is 96.1 Å². The minimum atomic E-state index is -0.205. The molecule has 0 radical (unpaired) electrons. The first-order valence-electron chi connectivity index (χ1n) is 9.31. The Morgan fingerprint density at radius 3 is 2.60 bits per heavy atom. The Morgan fingerprint density at radius 2 is 1.87 bits per heavy atom. The minimum Gasteiger partial charge on any atom is -0.497 e. The predicted molar refractivity (Wildman–Crippen MR) is 118 cm³/mol. The van der Waals surface area contributed by atoms with Gasteiger partial charge < -0.3 is 15.4 Å². The van der Waals surface area contributed by atoms with E-state index in [0.29, 0.717) is 17.1 Å². The summed E-state index contributed by atoms with van der Waals surface area (Å²) < 4.78 is 5.12. The van der Waals surface area contributed by atoms with Crippen LogP contribution in [0.1, 0.15) is 20.8 Å². The van der Waals surface area contributed by atoms with E-state index in [1.165, 1.54) is 11.3 Å². The molecular formula is C22H20N4O3S. The summed E-state index contributed by atoms with van der Waals surface area (Å²) in [5, 5.41) is 13.6. The summed E-state index contributed by atoms with van der Waals surface area (Å²) in [6.07, 6.45) is 0.220. The summed E-state index contributed by atoms with van der Waals surface area (Å²) in [5.74, 6) is 0.922. The first-order valence-corrected chi connectivity index (χ1v) is 10.1. The third-order valence-electron chi connectivity index (χ3n) is 4.64. The maximum atomic E-state index is 12.6. The molecule has 0 unspecified atom stereocenters. The largest absolute Gasteiger partial charge is 0.497 e. The van der Waals surface area contributed by atoms with Crippen molar-refractivity contribution in [2.45, 2.75) is 13.3 Å². The molecule has 2 heterocycles. The number of benzene rings is 2. The van der Waals surface area contributed by atoms with Gasteiger partial charge in [-0.3, -0.25) is 14.7 Å². The Balaban J connectivity index is 1.45. The number of ether oxygens (including phenoxy) is 1. The fraction of sp³-hybridized carbons (Fsp3) is 0.136. The van der Waals surface area contributed by atoms with Crippen molar-refractivity contribution in [1.82, 2.24) is 10.2 Å². The molecule has 0 saturated heterocycles. The second-order valence-corrected chi connectivity index (χ2v) is 7.87. The van der Waals surface area contributed by atoms with Crippen molar-refractivity contribution in [3.8, 4) is 5.75 Å². The van der Waals surface area contributed by atoms with Gasteiger partial charge in [0.25, 0.3) is 5.91 Å². The number of carbonyl (C=O) groups is 2. The van der Waals surface area contributed by atoms with E-state index >= 15 is 0 Å². The molecule has 8 heteroatoms. The first kappa shape index (κ1) is 19.7. The molecule has 0 saturated carbocycles. The van der Waals surface area contributed by atoms with Crippen LogP contribution in [0.5, 0.6) is 5.75 Å². The summed E-state index contributed by atoms with van der Waals surface area (Å²) in [5.41, 5.74) is 2.20. The van der Waals surface area contributed by atoms with Crippen LogP contribution in [0.4, 0.5) is 11.5 Å². The van der Waals surface area contributed by atoms with E-state index in [9.17, 15) is 9.59 Å². The molecule has 0 aliphatic heterocycles. The summed E-state index contributed by atoms with van der Waals surface area (Å²) in [6.45, 7) is 1.89. The summed E-state index contributed by atoms with van der Waals surface area (Å²) in [4.78, 5) is 26.6. The van der Waals surface area contributed by atoms with Gasteiger partial charge in [0, 0.05) is 16.1 Å². The second-order valence-electron chi connectivity index (χ2n) is 6.75. The monoisotopic (exact) mass is 420 g/mol. The first-order chi connectivity index (χ1) is 14.5. The van der Waals surface area contributed by atoms with Gasteiger partial charge in [0.05, 0.1) is 18.9 Å². The lowest BCUT2D eigenvalue weighted by Crippen LogP contribution is -2.14. The molecule has 2 amide bonds. The van der Waals surface area contributed by atoms with Crippen LogP contribution in [-0.2, 0) is 11.2 Å². The maximum Gasteiger partial charge on any atom is 0.257 e. The molecule has 3 N–H and O–H groups in total. The number of methoxy groups -OCH3 is 1. The Morgan fingerprint density at radius 1 is 1.10 bits per heavy atom. The van der Waals surface area contributed by atoms with E-state index in [4.69, 9.17) is 4.74 Å². The lowest BCUT2D eigenvalue weighted by atomic mass is 10.1. The van der Waals surface area contributed by atoms with Crippen LogP contribution in [0.15, 0.2) is 54.6 Å². The normalized spacial score (nSPS) is 10.7. The molecule has 0 bridgehead atoms. The number of nitrogens with one attached hydrogen (secondary N) is 3. The van der Waals surface area contributed by atoms with Gasteiger partial charge in [-0.15, -0.1) is 11.3 Å². The van der Waals surface area contributed by atoms with E-state index in [1.807, 2.05) is 31.2 Å². The molecule has 152 valence electrons. The number of thiophene rings is 1. The number of carbonyl (C=O) groups excluding carboxylic acids is 2. The molecule has 7 nitrogen and oxygen atoms in total. The van der Waals surface area contributed by atoms with Crippen LogP contribution in [0.3, 0.4) is 0 Å². The number of aryl methyl sites for hydroxylation is 1. The molecule has 0 fully saturated rings. The van der Waals surface area contributed by atoms with Crippen molar-refractivity contribution < 1.29 is 14.3 Å². The Hall–Kier alpha value is -3.65. The zero-order valence-electron chi connectivity index (χ0n) is 16.5. The van der Waals surface area contributed by atoms with Crippen LogP contribution in [0.25, 0.3) is 10.2 Å². The van der Waals surface area contributed by atoms with Crippen molar-refractivity contribution in [3.63, 3.8) is 0 Å². The summed E-state index contributed by atoms with van der Waals surface area (Å²) in [6, 6.07) is 16.4. The van der Waals surface area contributed by atoms with Crippen molar-refractivity contribution in [1.29, 1.82) is 0 Å². The number of fused-ring (bicyclic) bond motifs is 1. The van der Waals surface area contributed by atoms with Gasteiger partial charge in [-0.1, -0.05) is 18.2 Å². The number of nitrogens with zero attached hydrogens (tertiary/aromatic N) is 1. The fourth-order valence-electron chi connectivity index (χ4n) is 3.09. The van der Waals surface area contributed by atoms with Crippen LogP contribution in [-0.4, -0.2) is 29.1 Å². The number of rotatable bonds is 6. The fourth-order valence-corrected chi connectivity index (χ4v) is 4.08. The van der Waals surface area contributed by atoms with Crippen LogP contribution in [0.2, 0.25) is 0 Å². The zero-order valence-corrected chi connectivity index (χ0v) is 17.3. The molecule has 2 aromatic carbocycles. The number of H-pyrrole nitrogens is 1. The molecule has 0 aliphatic rings. The van der Waals surface area contributed by atoms with Gasteiger partial charge >= 0.3 is 0 Å². The molecule has 0 spiro atoms.